The molecule has 0 radical (unpaired) electrons. The van der Waals surface area contributed by atoms with E-state index in [-0.39, 0.29) is 23.5 Å². The van der Waals surface area contributed by atoms with Gasteiger partial charge in [-0.05, 0) is 37.1 Å². The number of hydrogen-bond acceptors (Lipinski definition) is 3. The first-order valence-electron chi connectivity index (χ1n) is 4.41. The molecule has 3 nitrogen and oxygen atoms in total. The molecule has 0 fully saturated rings. The summed E-state index contributed by atoms with van der Waals surface area (Å²) in [6, 6.07) is 3.74. The number of hydrogen-bond donors (Lipinski definition) is 3. The molecule has 0 amide bonds. The number of alkyl halides is 2. The summed E-state index contributed by atoms with van der Waals surface area (Å²) >= 11 is 0. The first-order valence-corrected chi connectivity index (χ1v) is 4.41. The van der Waals surface area contributed by atoms with Gasteiger partial charge in [-0.25, -0.2) is 8.78 Å². The molecule has 0 aliphatic rings. The number of halogens is 2. The Morgan fingerprint density at radius 1 is 1.40 bits per heavy atom. The minimum absolute atomic E-state index is 0.0899. The summed E-state index contributed by atoms with van der Waals surface area (Å²) in [5.41, 5.74) is 3.86. The standard InChI is InChI=1S/C10H13F2NO2/c1-10(13,9(11)12)5-6-4-7(14)2-3-8(6)15/h2-4,9,14-15H,5,13H2,1H3. The van der Waals surface area contributed by atoms with Crippen LogP contribution in [0.5, 0.6) is 11.5 Å². The number of aromatic hydroxyl groups is 2. The van der Waals surface area contributed by atoms with Crippen LogP contribution in [-0.4, -0.2) is 22.2 Å². The molecule has 15 heavy (non-hydrogen) atoms. The first-order chi connectivity index (χ1) is 6.83. The SMILES string of the molecule is CC(N)(Cc1cc(O)ccc1O)C(F)F. The van der Waals surface area contributed by atoms with Gasteiger partial charge in [0.15, 0.2) is 0 Å². The molecular formula is C10H13F2NO2. The normalized spacial score (nSPS) is 15.3. The van der Waals surface area contributed by atoms with Crippen molar-refractivity contribution in [1.29, 1.82) is 0 Å². The Bertz CT molecular complexity index is 353. The van der Waals surface area contributed by atoms with Crippen molar-refractivity contribution in [1.82, 2.24) is 0 Å². The molecule has 0 heterocycles. The second-order valence-electron chi connectivity index (χ2n) is 3.80. The van der Waals surface area contributed by atoms with Gasteiger partial charge in [0.25, 0.3) is 6.43 Å². The largest absolute Gasteiger partial charge is 0.508 e. The van der Waals surface area contributed by atoms with E-state index in [4.69, 9.17) is 10.8 Å². The lowest BCUT2D eigenvalue weighted by atomic mass is 9.94. The topological polar surface area (TPSA) is 66.5 Å². The number of rotatable bonds is 3. The molecule has 0 aliphatic carbocycles. The van der Waals surface area contributed by atoms with E-state index in [0.29, 0.717) is 0 Å². The Balaban J connectivity index is 2.94. The smallest absolute Gasteiger partial charge is 0.256 e. The van der Waals surface area contributed by atoms with Crippen LogP contribution in [0.1, 0.15) is 12.5 Å². The average Bonchev–Trinajstić information content (AvgIpc) is 2.10. The summed E-state index contributed by atoms with van der Waals surface area (Å²) in [6.07, 6.45) is -2.90. The molecule has 5 heteroatoms. The molecular weight excluding hydrogens is 204 g/mol. The zero-order valence-corrected chi connectivity index (χ0v) is 8.24. The van der Waals surface area contributed by atoms with Crippen molar-refractivity contribution in [2.45, 2.75) is 25.3 Å². The highest BCUT2D eigenvalue weighted by Gasteiger charge is 2.31. The van der Waals surface area contributed by atoms with Crippen LogP contribution in [0.2, 0.25) is 0 Å². The monoisotopic (exact) mass is 217 g/mol. The van der Waals surface area contributed by atoms with Crippen LogP contribution in [0.4, 0.5) is 8.78 Å². The highest BCUT2D eigenvalue weighted by Crippen LogP contribution is 2.27. The van der Waals surface area contributed by atoms with E-state index < -0.39 is 12.0 Å². The van der Waals surface area contributed by atoms with Crippen molar-refractivity contribution < 1.29 is 19.0 Å². The fourth-order valence-corrected chi connectivity index (χ4v) is 1.20. The van der Waals surface area contributed by atoms with Gasteiger partial charge in [-0.15, -0.1) is 0 Å². The highest BCUT2D eigenvalue weighted by atomic mass is 19.3. The van der Waals surface area contributed by atoms with E-state index in [1.54, 1.807) is 0 Å². The molecule has 1 atom stereocenters. The van der Waals surface area contributed by atoms with Gasteiger partial charge in [0.05, 0.1) is 5.54 Å². The minimum atomic E-state index is -2.70. The van der Waals surface area contributed by atoms with Crippen molar-refractivity contribution in [2.24, 2.45) is 5.73 Å². The quantitative estimate of drug-likeness (QED) is 0.674. The van der Waals surface area contributed by atoms with Crippen molar-refractivity contribution >= 4 is 0 Å². The van der Waals surface area contributed by atoms with Crippen LogP contribution < -0.4 is 5.73 Å². The van der Waals surface area contributed by atoms with Gasteiger partial charge in [-0.3, -0.25) is 0 Å². The van der Waals surface area contributed by atoms with Crippen LogP contribution >= 0.6 is 0 Å². The Kier molecular flexibility index (Phi) is 3.14. The Hall–Kier alpha value is -1.36. The fraction of sp³-hybridized carbons (Fsp3) is 0.400. The van der Waals surface area contributed by atoms with E-state index in [1.807, 2.05) is 0 Å². The maximum Gasteiger partial charge on any atom is 0.256 e. The lowest BCUT2D eigenvalue weighted by Gasteiger charge is -2.23. The number of phenols is 2. The van der Waals surface area contributed by atoms with Gasteiger partial charge in [0.1, 0.15) is 11.5 Å². The zero-order valence-electron chi connectivity index (χ0n) is 8.24. The van der Waals surface area contributed by atoms with Crippen molar-refractivity contribution in [3.05, 3.63) is 23.8 Å². The zero-order chi connectivity index (χ0) is 11.6. The maximum absolute atomic E-state index is 12.5. The van der Waals surface area contributed by atoms with Gasteiger partial charge >= 0.3 is 0 Å². The lowest BCUT2D eigenvalue weighted by molar-refractivity contribution is 0.0636. The molecule has 0 spiro atoms. The summed E-state index contributed by atoms with van der Waals surface area (Å²) in [5.74, 6) is -0.238. The van der Waals surface area contributed by atoms with Crippen LogP contribution in [-0.2, 0) is 6.42 Å². The molecule has 1 aromatic rings. The molecule has 1 rings (SSSR count). The summed E-state index contributed by atoms with van der Waals surface area (Å²) in [7, 11) is 0. The second kappa shape index (κ2) is 4.02. The van der Waals surface area contributed by atoms with Crippen molar-refractivity contribution in [2.75, 3.05) is 0 Å². The Morgan fingerprint density at radius 3 is 2.53 bits per heavy atom. The van der Waals surface area contributed by atoms with E-state index in [9.17, 15) is 13.9 Å². The van der Waals surface area contributed by atoms with E-state index in [2.05, 4.69) is 0 Å². The lowest BCUT2D eigenvalue weighted by Crippen LogP contribution is -2.45. The third kappa shape index (κ3) is 2.79. The summed E-state index contributed by atoms with van der Waals surface area (Å²) < 4.78 is 24.9. The molecule has 0 aromatic heterocycles. The van der Waals surface area contributed by atoms with Crippen LogP contribution in [0.15, 0.2) is 18.2 Å². The Labute approximate surface area is 86.2 Å². The van der Waals surface area contributed by atoms with Gasteiger partial charge in [-0.1, -0.05) is 0 Å². The molecule has 4 N–H and O–H groups in total. The molecule has 0 saturated heterocycles. The predicted octanol–water partition coefficient (Wildman–Crippen LogP) is 1.62. The molecule has 1 unspecified atom stereocenters. The maximum atomic E-state index is 12.5. The van der Waals surface area contributed by atoms with Crippen LogP contribution in [0, 0.1) is 0 Å². The van der Waals surface area contributed by atoms with Gasteiger partial charge < -0.3 is 15.9 Å². The summed E-state index contributed by atoms with van der Waals surface area (Å²) in [4.78, 5) is 0. The van der Waals surface area contributed by atoms with E-state index in [0.717, 1.165) is 0 Å². The third-order valence-electron chi connectivity index (χ3n) is 2.13. The van der Waals surface area contributed by atoms with Crippen molar-refractivity contribution in [3.8, 4) is 11.5 Å². The fourth-order valence-electron chi connectivity index (χ4n) is 1.20. The van der Waals surface area contributed by atoms with Crippen molar-refractivity contribution in [3.63, 3.8) is 0 Å². The Morgan fingerprint density at radius 2 is 2.00 bits per heavy atom. The predicted molar refractivity (Wildman–Crippen MR) is 52.1 cm³/mol. The summed E-state index contributed by atoms with van der Waals surface area (Å²) in [6.45, 7) is 1.20. The average molecular weight is 217 g/mol. The van der Waals surface area contributed by atoms with Gasteiger partial charge in [-0.2, -0.15) is 0 Å². The number of benzene rings is 1. The second-order valence-corrected chi connectivity index (χ2v) is 3.80. The van der Waals surface area contributed by atoms with E-state index >= 15 is 0 Å². The first kappa shape index (κ1) is 11.7. The number of nitrogens with two attached hydrogens (primary N) is 1. The van der Waals surface area contributed by atoms with Gasteiger partial charge in [0.2, 0.25) is 0 Å². The van der Waals surface area contributed by atoms with Gasteiger partial charge in [0, 0.05) is 0 Å². The molecule has 0 bridgehead atoms. The third-order valence-corrected chi connectivity index (χ3v) is 2.13. The molecule has 0 aliphatic heterocycles. The van der Waals surface area contributed by atoms with Crippen LogP contribution in [0.25, 0.3) is 0 Å². The highest BCUT2D eigenvalue weighted by molar-refractivity contribution is 5.39. The molecule has 0 saturated carbocycles. The molecule has 84 valence electrons. The molecule has 1 aromatic carbocycles. The van der Waals surface area contributed by atoms with Crippen LogP contribution in [0.3, 0.4) is 0 Å². The number of phenolic OH excluding ortho intramolecular Hbond substituents is 2. The summed E-state index contributed by atoms with van der Waals surface area (Å²) in [5, 5.41) is 18.5. The minimum Gasteiger partial charge on any atom is -0.508 e. The van der Waals surface area contributed by atoms with E-state index in [1.165, 1.54) is 25.1 Å².